The van der Waals surface area contributed by atoms with Crippen LogP contribution in [0.2, 0.25) is 0 Å². The maximum absolute atomic E-state index is 4.51. The maximum Gasteiger partial charge on any atom is 0.165 e. The topological polar surface area (TPSA) is 62.1 Å². The molecule has 1 N–H and O–H groups in total. The van der Waals surface area contributed by atoms with Crippen molar-refractivity contribution < 1.29 is 0 Å². The number of rotatable bonds is 5. The van der Waals surface area contributed by atoms with Crippen molar-refractivity contribution in [3.05, 3.63) is 12.7 Å². The van der Waals surface area contributed by atoms with Gasteiger partial charge in [0.15, 0.2) is 17.0 Å². The number of anilines is 1. The molecule has 7 heteroatoms. The summed E-state index contributed by atoms with van der Waals surface area (Å²) in [6.07, 6.45) is 7.13. The highest BCUT2D eigenvalue weighted by molar-refractivity contribution is 5.83. The number of imidazole rings is 1. The van der Waals surface area contributed by atoms with E-state index in [0.717, 1.165) is 36.6 Å². The number of nitrogens with zero attached hydrogens (tertiary/aromatic N) is 6. The van der Waals surface area contributed by atoms with Gasteiger partial charge in [-0.25, -0.2) is 20.0 Å². The third-order valence-electron chi connectivity index (χ3n) is 4.44. The summed E-state index contributed by atoms with van der Waals surface area (Å²) in [5.74, 6) is 0.961. The Morgan fingerprint density at radius 3 is 2.91 bits per heavy atom. The molecule has 0 bridgehead atoms. The van der Waals surface area contributed by atoms with Gasteiger partial charge in [-0.3, -0.25) is 5.43 Å². The van der Waals surface area contributed by atoms with E-state index >= 15 is 0 Å². The Labute approximate surface area is 131 Å². The van der Waals surface area contributed by atoms with Crippen LogP contribution in [-0.2, 0) is 7.05 Å². The summed E-state index contributed by atoms with van der Waals surface area (Å²) in [5, 5.41) is 2.35. The van der Waals surface area contributed by atoms with Gasteiger partial charge in [0.1, 0.15) is 6.33 Å². The molecule has 0 amide bonds. The van der Waals surface area contributed by atoms with Crippen LogP contribution in [0.4, 0.5) is 5.82 Å². The summed E-state index contributed by atoms with van der Waals surface area (Å²) in [4.78, 5) is 15.7. The van der Waals surface area contributed by atoms with E-state index in [4.69, 9.17) is 0 Å². The van der Waals surface area contributed by atoms with E-state index in [0.29, 0.717) is 6.04 Å². The van der Waals surface area contributed by atoms with Crippen molar-refractivity contribution in [2.45, 2.75) is 32.2 Å². The summed E-state index contributed by atoms with van der Waals surface area (Å²) >= 11 is 0. The minimum atomic E-state index is 0.507. The number of hydrogen-bond acceptors (Lipinski definition) is 6. The third kappa shape index (κ3) is 2.78. The Hall–Kier alpha value is -1.73. The van der Waals surface area contributed by atoms with Crippen LogP contribution in [0.1, 0.15) is 26.2 Å². The lowest BCUT2D eigenvalue weighted by Gasteiger charge is -2.41. The van der Waals surface area contributed by atoms with Gasteiger partial charge in [-0.15, -0.1) is 0 Å². The summed E-state index contributed by atoms with van der Waals surface area (Å²) in [7, 11) is 3.98. The average molecular weight is 303 g/mol. The molecule has 1 aliphatic heterocycles. The van der Waals surface area contributed by atoms with Crippen LogP contribution in [0, 0.1) is 0 Å². The number of hydrazine groups is 1. The third-order valence-corrected chi connectivity index (χ3v) is 4.44. The highest BCUT2D eigenvalue weighted by atomic mass is 15.5. The maximum atomic E-state index is 4.51. The molecule has 7 nitrogen and oxygen atoms in total. The molecule has 2 aromatic heterocycles. The molecule has 0 aliphatic carbocycles. The van der Waals surface area contributed by atoms with Crippen LogP contribution in [0.25, 0.3) is 11.2 Å². The molecule has 0 aromatic carbocycles. The second-order valence-electron chi connectivity index (χ2n) is 5.88. The largest absolute Gasteiger partial charge is 0.352 e. The predicted molar refractivity (Wildman–Crippen MR) is 87.6 cm³/mol. The number of aromatic nitrogens is 4. The second-order valence-corrected chi connectivity index (χ2v) is 5.88. The van der Waals surface area contributed by atoms with Crippen LogP contribution < -0.4 is 10.3 Å². The average Bonchev–Trinajstić information content (AvgIpc) is 2.94. The number of fused-ring (bicyclic) bond motifs is 1. The van der Waals surface area contributed by atoms with Crippen molar-refractivity contribution in [3.63, 3.8) is 0 Å². The fourth-order valence-electron chi connectivity index (χ4n) is 3.19. The van der Waals surface area contributed by atoms with Crippen molar-refractivity contribution in [3.8, 4) is 0 Å². The molecule has 120 valence electrons. The van der Waals surface area contributed by atoms with E-state index in [1.807, 2.05) is 18.7 Å². The lowest BCUT2D eigenvalue weighted by molar-refractivity contribution is 0.114. The molecule has 1 atom stereocenters. The first-order chi connectivity index (χ1) is 10.7. The summed E-state index contributed by atoms with van der Waals surface area (Å²) in [6, 6.07) is 0.507. The number of unbranched alkanes of at least 4 members (excludes halogenated alkanes) is 1. The van der Waals surface area contributed by atoms with Gasteiger partial charge < -0.3 is 9.47 Å². The molecule has 2 aromatic rings. The predicted octanol–water partition coefficient (Wildman–Crippen LogP) is 1.18. The van der Waals surface area contributed by atoms with E-state index in [2.05, 4.69) is 37.2 Å². The molecule has 3 rings (SSSR count). The molecule has 0 radical (unpaired) electrons. The highest BCUT2D eigenvalue weighted by Crippen LogP contribution is 2.24. The first kappa shape index (κ1) is 15.2. The lowest BCUT2D eigenvalue weighted by atomic mass is 10.1. The number of aryl methyl sites for hydroxylation is 1. The van der Waals surface area contributed by atoms with Gasteiger partial charge >= 0.3 is 0 Å². The van der Waals surface area contributed by atoms with E-state index in [9.17, 15) is 0 Å². The minimum absolute atomic E-state index is 0.507. The monoisotopic (exact) mass is 303 g/mol. The summed E-state index contributed by atoms with van der Waals surface area (Å²) in [5.41, 5.74) is 5.13. The zero-order valence-corrected chi connectivity index (χ0v) is 13.7. The summed E-state index contributed by atoms with van der Waals surface area (Å²) in [6.45, 7) is 5.16. The normalized spacial score (nSPS) is 20.0. The van der Waals surface area contributed by atoms with Gasteiger partial charge in [0.2, 0.25) is 0 Å². The molecule has 22 heavy (non-hydrogen) atoms. The van der Waals surface area contributed by atoms with Crippen LogP contribution >= 0.6 is 0 Å². The Balaban J connectivity index is 1.84. The van der Waals surface area contributed by atoms with Crippen LogP contribution in [-0.4, -0.2) is 57.3 Å². The Morgan fingerprint density at radius 2 is 2.14 bits per heavy atom. The molecule has 1 saturated heterocycles. The van der Waals surface area contributed by atoms with Gasteiger partial charge in [0, 0.05) is 32.7 Å². The fourth-order valence-corrected chi connectivity index (χ4v) is 3.19. The van der Waals surface area contributed by atoms with Crippen LogP contribution in [0.3, 0.4) is 0 Å². The van der Waals surface area contributed by atoms with E-state index in [1.54, 1.807) is 12.7 Å². The summed E-state index contributed by atoms with van der Waals surface area (Å²) < 4.78 is 1.94. The van der Waals surface area contributed by atoms with Crippen molar-refractivity contribution in [1.82, 2.24) is 30.0 Å². The number of nitrogens with one attached hydrogen (secondary N) is 1. The van der Waals surface area contributed by atoms with E-state index in [-0.39, 0.29) is 0 Å². The molecule has 1 unspecified atom stereocenters. The van der Waals surface area contributed by atoms with Crippen LogP contribution in [0.5, 0.6) is 0 Å². The van der Waals surface area contributed by atoms with Gasteiger partial charge in [0.25, 0.3) is 0 Å². The smallest absolute Gasteiger partial charge is 0.165 e. The quantitative estimate of drug-likeness (QED) is 0.895. The van der Waals surface area contributed by atoms with Crippen molar-refractivity contribution >= 4 is 17.0 Å². The zero-order valence-electron chi connectivity index (χ0n) is 13.7. The van der Waals surface area contributed by atoms with Gasteiger partial charge in [0.05, 0.1) is 6.33 Å². The standard InChI is InChI=1S/C15H25N7/c1-4-5-6-12-9-21(7-8-22(12)16-2)15-13-14(17-10-18-15)20(3)11-19-13/h10-12,16H,4-9H2,1-3H3. The van der Waals surface area contributed by atoms with Gasteiger partial charge in [-0.2, -0.15) is 0 Å². The SMILES string of the molecule is CCCCC1CN(c2ncnc3c2ncn3C)CCN1NC. The number of hydrogen-bond donors (Lipinski definition) is 1. The molecule has 3 heterocycles. The first-order valence-corrected chi connectivity index (χ1v) is 8.05. The number of piperazine rings is 1. The molecular weight excluding hydrogens is 278 g/mol. The lowest BCUT2D eigenvalue weighted by Crippen LogP contribution is -2.57. The van der Waals surface area contributed by atoms with Crippen molar-refractivity contribution in [2.75, 3.05) is 31.6 Å². The van der Waals surface area contributed by atoms with E-state index in [1.165, 1.54) is 19.3 Å². The first-order valence-electron chi connectivity index (χ1n) is 8.05. The molecule has 0 spiro atoms. The molecule has 1 fully saturated rings. The van der Waals surface area contributed by atoms with Crippen molar-refractivity contribution in [2.24, 2.45) is 7.05 Å². The van der Waals surface area contributed by atoms with Crippen molar-refractivity contribution in [1.29, 1.82) is 0 Å². The van der Waals surface area contributed by atoms with Crippen LogP contribution in [0.15, 0.2) is 12.7 Å². The van der Waals surface area contributed by atoms with Gasteiger partial charge in [-0.1, -0.05) is 19.8 Å². The molecule has 0 saturated carbocycles. The zero-order chi connectivity index (χ0) is 15.5. The molecular formula is C15H25N7. The molecule has 1 aliphatic rings. The van der Waals surface area contributed by atoms with E-state index < -0.39 is 0 Å². The highest BCUT2D eigenvalue weighted by Gasteiger charge is 2.28. The Morgan fingerprint density at radius 1 is 1.27 bits per heavy atom. The minimum Gasteiger partial charge on any atom is -0.352 e. The fraction of sp³-hybridized carbons (Fsp3) is 0.667. The second kappa shape index (κ2) is 6.58. The van der Waals surface area contributed by atoms with Gasteiger partial charge in [-0.05, 0) is 13.5 Å². The Bertz CT molecular complexity index is 623. The Kier molecular flexibility index (Phi) is 4.54.